The second kappa shape index (κ2) is 8.35. The van der Waals surface area contributed by atoms with Gasteiger partial charge in [-0.1, -0.05) is 19.1 Å². The molecule has 1 aliphatic heterocycles. The van der Waals surface area contributed by atoms with E-state index in [0.29, 0.717) is 12.3 Å². The van der Waals surface area contributed by atoms with Crippen LogP contribution in [0, 0.1) is 6.92 Å². The zero-order chi connectivity index (χ0) is 18.5. The number of nitrogens with zero attached hydrogens (tertiary/aromatic N) is 2. The van der Waals surface area contributed by atoms with Crippen LogP contribution in [0.1, 0.15) is 49.9 Å². The average Bonchev–Trinajstić information content (AvgIpc) is 2.68. The largest absolute Gasteiger partial charge is 0.497 e. The van der Waals surface area contributed by atoms with E-state index in [-0.39, 0.29) is 5.91 Å². The number of hydrogen-bond donors (Lipinski definition) is 0. The second-order valence-corrected chi connectivity index (χ2v) is 7.08. The lowest BCUT2D eigenvalue weighted by Crippen LogP contribution is -2.39. The third kappa shape index (κ3) is 4.24. The lowest BCUT2D eigenvalue weighted by molar-refractivity contribution is -0.132. The van der Waals surface area contributed by atoms with E-state index in [4.69, 9.17) is 9.72 Å². The first kappa shape index (κ1) is 18.4. The molecule has 1 atom stereocenters. The number of aryl methyl sites for hydroxylation is 1. The SMILES string of the molecule is CCCC(=O)N1CCCC(c2cc(-c3cccc(OC)c3)cc(C)n2)C1. The van der Waals surface area contributed by atoms with E-state index in [1.807, 2.05) is 24.0 Å². The summed E-state index contributed by atoms with van der Waals surface area (Å²) in [7, 11) is 1.69. The Hall–Kier alpha value is -2.36. The van der Waals surface area contributed by atoms with Gasteiger partial charge in [0.2, 0.25) is 5.91 Å². The van der Waals surface area contributed by atoms with Gasteiger partial charge in [0.25, 0.3) is 0 Å². The number of carbonyl (C=O) groups excluding carboxylic acids is 1. The predicted molar refractivity (Wildman–Crippen MR) is 104 cm³/mol. The van der Waals surface area contributed by atoms with Gasteiger partial charge in [-0.3, -0.25) is 9.78 Å². The fourth-order valence-corrected chi connectivity index (χ4v) is 3.69. The van der Waals surface area contributed by atoms with Crippen molar-refractivity contribution in [1.82, 2.24) is 9.88 Å². The second-order valence-electron chi connectivity index (χ2n) is 7.08. The topological polar surface area (TPSA) is 42.4 Å². The summed E-state index contributed by atoms with van der Waals surface area (Å²) in [6, 6.07) is 12.4. The zero-order valence-corrected chi connectivity index (χ0v) is 16.0. The van der Waals surface area contributed by atoms with Gasteiger partial charge in [-0.25, -0.2) is 0 Å². The van der Waals surface area contributed by atoms with Gasteiger partial charge in [0.05, 0.1) is 7.11 Å². The molecule has 0 saturated carbocycles. The first-order valence-corrected chi connectivity index (χ1v) is 9.51. The van der Waals surface area contributed by atoms with Crippen molar-refractivity contribution < 1.29 is 9.53 Å². The van der Waals surface area contributed by atoms with Crippen molar-refractivity contribution in [2.75, 3.05) is 20.2 Å². The highest BCUT2D eigenvalue weighted by Gasteiger charge is 2.25. The van der Waals surface area contributed by atoms with E-state index in [9.17, 15) is 4.79 Å². The molecule has 1 fully saturated rings. The standard InChI is InChI=1S/C22H28N2O2/c1-4-7-22(25)24-11-6-9-18(15-24)21-14-19(12-16(2)23-21)17-8-5-10-20(13-17)26-3/h5,8,10,12-14,18H,4,6-7,9,11,15H2,1-3H3. The van der Waals surface area contributed by atoms with Crippen LogP contribution in [0.5, 0.6) is 5.75 Å². The Balaban J connectivity index is 1.86. The number of carbonyl (C=O) groups is 1. The molecule has 3 rings (SSSR count). The first-order valence-electron chi connectivity index (χ1n) is 9.51. The van der Waals surface area contributed by atoms with Crippen molar-refractivity contribution in [3.8, 4) is 16.9 Å². The fourth-order valence-electron chi connectivity index (χ4n) is 3.69. The summed E-state index contributed by atoms with van der Waals surface area (Å²) in [5.74, 6) is 1.44. The first-order chi connectivity index (χ1) is 12.6. The Bertz CT molecular complexity index is 772. The van der Waals surface area contributed by atoms with E-state index in [0.717, 1.165) is 60.6 Å². The van der Waals surface area contributed by atoms with Gasteiger partial charge in [0.15, 0.2) is 0 Å². The van der Waals surface area contributed by atoms with Crippen LogP contribution >= 0.6 is 0 Å². The maximum Gasteiger partial charge on any atom is 0.222 e. The highest BCUT2D eigenvalue weighted by atomic mass is 16.5. The monoisotopic (exact) mass is 352 g/mol. The lowest BCUT2D eigenvalue weighted by atomic mass is 9.92. The van der Waals surface area contributed by atoms with Crippen LogP contribution in [0.4, 0.5) is 0 Å². The maximum atomic E-state index is 12.3. The molecule has 26 heavy (non-hydrogen) atoms. The quantitative estimate of drug-likeness (QED) is 0.791. The van der Waals surface area contributed by atoms with Gasteiger partial charge < -0.3 is 9.64 Å². The van der Waals surface area contributed by atoms with E-state index in [2.05, 4.69) is 31.2 Å². The van der Waals surface area contributed by atoms with E-state index in [1.54, 1.807) is 7.11 Å². The summed E-state index contributed by atoms with van der Waals surface area (Å²) in [5, 5.41) is 0. The van der Waals surface area contributed by atoms with E-state index in [1.165, 1.54) is 0 Å². The molecule has 0 N–H and O–H groups in total. The minimum Gasteiger partial charge on any atom is -0.497 e. The van der Waals surface area contributed by atoms with Gasteiger partial charge in [-0.15, -0.1) is 0 Å². The van der Waals surface area contributed by atoms with Crippen molar-refractivity contribution in [2.45, 2.75) is 45.4 Å². The number of pyridine rings is 1. The number of piperidine rings is 1. The number of ether oxygens (including phenoxy) is 1. The summed E-state index contributed by atoms with van der Waals surface area (Å²) in [5.41, 5.74) is 4.39. The Kier molecular flexibility index (Phi) is 5.92. The average molecular weight is 352 g/mol. The summed E-state index contributed by atoms with van der Waals surface area (Å²) in [6.07, 6.45) is 3.68. The molecule has 1 aromatic carbocycles. The molecular formula is C22H28N2O2. The van der Waals surface area contributed by atoms with Crippen LogP contribution in [-0.2, 0) is 4.79 Å². The normalized spacial score (nSPS) is 17.2. The molecule has 0 aliphatic carbocycles. The van der Waals surface area contributed by atoms with Crippen LogP contribution in [0.2, 0.25) is 0 Å². The Labute approximate surface area is 156 Å². The number of aromatic nitrogens is 1. The van der Waals surface area contributed by atoms with Gasteiger partial charge in [-0.05, 0) is 61.6 Å². The Morgan fingerprint density at radius 3 is 2.88 bits per heavy atom. The van der Waals surface area contributed by atoms with Gasteiger partial charge in [-0.2, -0.15) is 0 Å². The van der Waals surface area contributed by atoms with Crippen molar-refractivity contribution in [2.24, 2.45) is 0 Å². The Morgan fingerprint density at radius 2 is 2.12 bits per heavy atom. The van der Waals surface area contributed by atoms with Crippen molar-refractivity contribution in [3.05, 3.63) is 47.8 Å². The molecular weight excluding hydrogens is 324 g/mol. The van der Waals surface area contributed by atoms with Crippen LogP contribution in [0.25, 0.3) is 11.1 Å². The molecule has 0 radical (unpaired) electrons. The molecule has 2 aromatic rings. The van der Waals surface area contributed by atoms with Crippen molar-refractivity contribution in [1.29, 1.82) is 0 Å². The van der Waals surface area contributed by atoms with Crippen LogP contribution in [0.15, 0.2) is 36.4 Å². The molecule has 1 amide bonds. The summed E-state index contributed by atoms with van der Waals surface area (Å²) in [4.78, 5) is 19.1. The number of hydrogen-bond acceptors (Lipinski definition) is 3. The number of likely N-dealkylation sites (tertiary alicyclic amines) is 1. The number of rotatable bonds is 5. The van der Waals surface area contributed by atoms with Crippen LogP contribution in [0.3, 0.4) is 0 Å². The summed E-state index contributed by atoms with van der Waals surface area (Å²) < 4.78 is 5.36. The zero-order valence-electron chi connectivity index (χ0n) is 16.0. The number of methoxy groups -OCH3 is 1. The van der Waals surface area contributed by atoms with Crippen molar-refractivity contribution in [3.63, 3.8) is 0 Å². The minimum atomic E-state index is 0.276. The van der Waals surface area contributed by atoms with Gasteiger partial charge in [0.1, 0.15) is 5.75 Å². The third-order valence-corrected chi connectivity index (χ3v) is 5.03. The van der Waals surface area contributed by atoms with Gasteiger partial charge in [0, 0.05) is 36.8 Å². The Morgan fingerprint density at radius 1 is 1.27 bits per heavy atom. The van der Waals surface area contributed by atoms with Crippen molar-refractivity contribution >= 4 is 5.91 Å². The maximum absolute atomic E-state index is 12.3. The summed E-state index contributed by atoms with van der Waals surface area (Å²) >= 11 is 0. The highest BCUT2D eigenvalue weighted by Crippen LogP contribution is 2.31. The molecule has 0 bridgehead atoms. The van der Waals surface area contributed by atoms with E-state index >= 15 is 0 Å². The molecule has 138 valence electrons. The highest BCUT2D eigenvalue weighted by molar-refractivity contribution is 5.76. The van der Waals surface area contributed by atoms with Crippen LogP contribution in [-0.4, -0.2) is 36.0 Å². The molecule has 1 aromatic heterocycles. The summed E-state index contributed by atoms with van der Waals surface area (Å²) in [6.45, 7) is 5.76. The number of benzene rings is 1. The number of amides is 1. The third-order valence-electron chi connectivity index (χ3n) is 5.03. The van der Waals surface area contributed by atoms with Crippen LogP contribution < -0.4 is 4.74 Å². The minimum absolute atomic E-state index is 0.276. The van der Waals surface area contributed by atoms with Gasteiger partial charge >= 0.3 is 0 Å². The predicted octanol–water partition coefficient (Wildman–Crippen LogP) is 4.57. The van der Waals surface area contributed by atoms with E-state index < -0.39 is 0 Å². The molecule has 1 aliphatic rings. The molecule has 4 heteroatoms. The fraction of sp³-hybridized carbons (Fsp3) is 0.455. The molecule has 0 spiro atoms. The molecule has 2 heterocycles. The smallest absolute Gasteiger partial charge is 0.222 e. The molecule has 1 saturated heterocycles. The lowest BCUT2D eigenvalue weighted by Gasteiger charge is -2.33. The molecule has 1 unspecified atom stereocenters. The molecule has 4 nitrogen and oxygen atoms in total.